The van der Waals surface area contributed by atoms with E-state index in [0.29, 0.717) is 0 Å². The molecule has 1 aliphatic heterocycles. The lowest BCUT2D eigenvalue weighted by Crippen LogP contribution is -2.39. The van der Waals surface area contributed by atoms with Crippen LogP contribution in [0.25, 0.3) is 11.1 Å². The van der Waals surface area contributed by atoms with Crippen LogP contribution < -0.4 is 10.6 Å². The van der Waals surface area contributed by atoms with Crippen LogP contribution in [-0.4, -0.2) is 19.0 Å². The highest BCUT2D eigenvalue weighted by molar-refractivity contribution is 5.79. The molecule has 24 heavy (non-hydrogen) atoms. The summed E-state index contributed by atoms with van der Waals surface area (Å²) in [7, 11) is 0. The Balaban J connectivity index is 1.64. The molecule has 1 atom stereocenters. The van der Waals surface area contributed by atoms with Crippen molar-refractivity contribution in [3.8, 4) is 11.1 Å². The lowest BCUT2D eigenvalue weighted by Gasteiger charge is -2.24. The van der Waals surface area contributed by atoms with Gasteiger partial charge in [0.25, 0.3) is 0 Å². The zero-order chi connectivity index (χ0) is 16.9. The van der Waals surface area contributed by atoms with E-state index in [2.05, 4.69) is 10.6 Å². The van der Waals surface area contributed by atoms with Gasteiger partial charge in [0.15, 0.2) is 0 Å². The van der Waals surface area contributed by atoms with Gasteiger partial charge in [0, 0.05) is 5.92 Å². The minimum atomic E-state index is -0.232. The van der Waals surface area contributed by atoms with E-state index in [-0.39, 0.29) is 23.7 Å². The van der Waals surface area contributed by atoms with Crippen LogP contribution in [0.15, 0.2) is 48.5 Å². The molecular weight excluding hydrogens is 303 g/mol. The first-order valence-electron chi connectivity index (χ1n) is 8.50. The van der Waals surface area contributed by atoms with Crippen LogP contribution in [0.2, 0.25) is 0 Å². The Morgan fingerprint density at radius 1 is 1.04 bits per heavy atom. The summed E-state index contributed by atoms with van der Waals surface area (Å²) < 4.78 is 13.0. The third-order valence-electron chi connectivity index (χ3n) is 4.66. The highest BCUT2D eigenvalue weighted by Crippen LogP contribution is 2.23. The van der Waals surface area contributed by atoms with Gasteiger partial charge in [-0.1, -0.05) is 36.4 Å². The molecule has 1 aliphatic rings. The monoisotopic (exact) mass is 326 g/mol. The minimum Gasteiger partial charge on any atom is -0.349 e. The number of hydrogen-bond acceptors (Lipinski definition) is 2. The molecule has 0 radical (unpaired) electrons. The lowest BCUT2D eigenvalue weighted by molar-refractivity contribution is -0.126. The first kappa shape index (κ1) is 16.7. The van der Waals surface area contributed by atoms with E-state index in [0.717, 1.165) is 42.6 Å². The molecular formula is C20H23FN2O. The lowest BCUT2D eigenvalue weighted by atomic mass is 9.96. The van der Waals surface area contributed by atoms with Crippen molar-refractivity contribution in [3.63, 3.8) is 0 Å². The van der Waals surface area contributed by atoms with Crippen LogP contribution in [0, 0.1) is 11.7 Å². The van der Waals surface area contributed by atoms with Crippen LogP contribution in [0.1, 0.15) is 31.4 Å². The number of amides is 1. The number of nitrogens with one attached hydrogen (secondary N) is 2. The van der Waals surface area contributed by atoms with Crippen molar-refractivity contribution in [3.05, 3.63) is 59.9 Å². The maximum atomic E-state index is 13.0. The molecule has 0 aliphatic carbocycles. The van der Waals surface area contributed by atoms with Crippen molar-refractivity contribution >= 4 is 5.91 Å². The minimum absolute atomic E-state index is 0.0188. The molecule has 1 heterocycles. The van der Waals surface area contributed by atoms with Gasteiger partial charge in [-0.2, -0.15) is 0 Å². The van der Waals surface area contributed by atoms with E-state index >= 15 is 0 Å². The van der Waals surface area contributed by atoms with E-state index in [1.54, 1.807) is 12.1 Å². The summed E-state index contributed by atoms with van der Waals surface area (Å²) in [5.74, 6) is 0.0309. The summed E-state index contributed by atoms with van der Waals surface area (Å²) in [6.45, 7) is 3.84. The molecule has 126 valence electrons. The van der Waals surface area contributed by atoms with Crippen molar-refractivity contribution in [1.29, 1.82) is 0 Å². The second kappa shape index (κ2) is 7.58. The molecule has 0 spiro atoms. The fraction of sp³-hybridized carbons (Fsp3) is 0.350. The number of carbonyl (C=O) groups excluding carboxylic acids is 1. The molecule has 0 aromatic heterocycles. The third-order valence-corrected chi connectivity index (χ3v) is 4.66. The Labute approximate surface area is 142 Å². The summed E-state index contributed by atoms with van der Waals surface area (Å²) in [5.41, 5.74) is 3.09. The van der Waals surface area contributed by atoms with Gasteiger partial charge in [-0.15, -0.1) is 0 Å². The Bertz CT molecular complexity index is 676. The molecule has 2 N–H and O–H groups in total. The SMILES string of the molecule is CC(NC(=O)C1CCNCC1)c1ccc(-c2ccc(F)cc2)cc1. The Morgan fingerprint density at radius 2 is 1.58 bits per heavy atom. The predicted molar refractivity (Wildman–Crippen MR) is 94.0 cm³/mol. The molecule has 3 nitrogen and oxygen atoms in total. The molecule has 2 aromatic rings. The first-order chi connectivity index (χ1) is 11.6. The fourth-order valence-corrected chi connectivity index (χ4v) is 3.11. The van der Waals surface area contributed by atoms with E-state index < -0.39 is 0 Å². The summed E-state index contributed by atoms with van der Waals surface area (Å²) in [6.07, 6.45) is 1.81. The quantitative estimate of drug-likeness (QED) is 0.900. The highest BCUT2D eigenvalue weighted by Gasteiger charge is 2.22. The summed E-state index contributed by atoms with van der Waals surface area (Å²) >= 11 is 0. The van der Waals surface area contributed by atoms with Gasteiger partial charge in [-0.25, -0.2) is 4.39 Å². The molecule has 3 rings (SSSR count). The zero-order valence-electron chi connectivity index (χ0n) is 13.9. The van der Waals surface area contributed by atoms with Gasteiger partial charge in [0.2, 0.25) is 5.91 Å². The summed E-state index contributed by atoms with van der Waals surface area (Å²) in [4.78, 5) is 12.3. The molecule has 1 fully saturated rings. The van der Waals surface area contributed by atoms with Gasteiger partial charge in [-0.3, -0.25) is 4.79 Å². The van der Waals surface area contributed by atoms with Crippen LogP contribution in [0.3, 0.4) is 0 Å². The third kappa shape index (κ3) is 4.01. The fourth-order valence-electron chi connectivity index (χ4n) is 3.11. The van der Waals surface area contributed by atoms with E-state index in [1.807, 2.05) is 31.2 Å². The van der Waals surface area contributed by atoms with E-state index in [9.17, 15) is 9.18 Å². The normalized spacial score (nSPS) is 16.6. The van der Waals surface area contributed by atoms with Gasteiger partial charge in [0.05, 0.1) is 6.04 Å². The Morgan fingerprint density at radius 3 is 2.17 bits per heavy atom. The van der Waals surface area contributed by atoms with E-state index in [1.165, 1.54) is 12.1 Å². The van der Waals surface area contributed by atoms with Crippen molar-refractivity contribution in [1.82, 2.24) is 10.6 Å². The maximum Gasteiger partial charge on any atom is 0.223 e. The molecule has 4 heteroatoms. The van der Waals surface area contributed by atoms with Crippen molar-refractivity contribution in [2.24, 2.45) is 5.92 Å². The van der Waals surface area contributed by atoms with Crippen LogP contribution in [-0.2, 0) is 4.79 Å². The Hall–Kier alpha value is -2.20. The van der Waals surface area contributed by atoms with Crippen molar-refractivity contribution in [2.45, 2.75) is 25.8 Å². The van der Waals surface area contributed by atoms with Crippen molar-refractivity contribution in [2.75, 3.05) is 13.1 Å². The first-order valence-corrected chi connectivity index (χ1v) is 8.50. The molecule has 1 unspecified atom stereocenters. The predicted octanol–water partition coefficient (Wildman–Crippen LogP) is 3.67. The Kier molecular flexibility index (Phi) is 5.26. The zero-order valence-corrected chi connectivity index (χ0v) is 13.9. The molecule has 2 aromatic carbocycles. The number of hydrogen-bond donors (Lipinski definition) is 2. The van der Waals surface area contributed by atoms with Gasteiger partial charge in [0.1, 0.15) is 5.82 Å². The summed E-state index contributed by atoms with van der Waals surface area (Å²) in [5, 5.41) is 6.39. The smallest absolute Gasteiger partial charge is 0.223 e. The number of benzene rings is 2. The second-order valence-electron chi connectivity index (χ2n) is 6.38. The topological polar surface area (TPSA) is 41.1 Å². The average Bonchev–Trinajstić information content (AvgIpc) is 2.63. The van der Waals surface area contributed by atoms with Gasteiger partial charge in [-0.05, 0) is 61.7 Å². The van der Waals surface area contributed by atoms with Gasteiger partial charge < -0.3 is 10.6 Å². The molecule has 0 saturated carbocycles. The van der Waals surface area contributed by atoms with Crippen LogP contribution >= 0.6 is 0 Å². The van der Waals surface area contributed by atoms with Crippen molar-refractivity contribution < 1.29 is 9.18 Å². The standard InChI is InChI=1S/C20H23FN2O/c1-14(23-20(24)18-10-12-22-13-11-18)15-2-4-16(5-3-15)17-6-8-19(21)9-7-17/h2-9,14,18,22H,10-13H2,1H3,(H,23,24). The number of rotatable bonds is 4. The van der Waals surface area contributed by atoms with Crippen LogP contribution in [0.4, 0.5) is 4.39 Å². The van der Waals surface area contributed by atoms with Gasteiger partial charge >= 0.3 is 0 Å². The highest BCUT2D eigenvalue weighted by atomic mass is 19.1. The van der Waals surface area contributed by atoms with Crippen LogP contribution in [0.5, 0.6) is 0 Å². The number of piperidine rings is 1. The summed E-state index contributed by atoms with van der Waals surface area (Å²) in [6, 6.07) is 14.5. The molecule has 0 bridgehead atoms. The molecule has 1 saturated heterocycles. The number of halogens is 1. The van der Waals surface area contributed by atoms with E-state index in [4.69, 9.17) is 0 Å². The maximum absolute atomic E-state index is 13.0. The second-order valence-corrected chi connectivity index (χ2v) is 6.38. The molecule has 1 amide bonds. The largest absolute Gasteiger partial charge is 0.349 e. The average molecular weight is 326 g/mol. The number of carbonyl (C=O) groups is 1.